The second kappa shape index (κ2) is 6.58. The summed E-state index contributed by atoms with van der Waals surface area (Å²) in [4.78, 5) is 11.8. The van der Waals surface area contributed by atoms with Gasteiger partial charge in [-0.15, -0.1) is 0 Å². The van der Waals surface area contributed by atoms with Gasteiger partial charge in [0.25, 0.3) is 5.91 Å². The smallest absolute Gasteiger partial charge is 0.283 e. The molecule has 0 aliphatic heterocycles. The van der Waals surface area contributed by atoms with Crippen molar-refractivity contribution in [3.05, 3.63) is 58.8 Å². The molecular weight excluding hydrogens is 343 g/mol. The third-order valence-electron chi connectivity index (χ3n) is 2.43. The van der Waals surface area contributed by atoms with Crippen molar-refractivity contribution in [3.8, 4) is 0 Å². The van der Waals surface area contributed by atoms with Crippen molar-refractivity contribution in [2.24, 2.45) is 0 Å². The number of anilines is 2. The van der Waals surface area contributed by atoms with E-state index in [2.05, 4.69) is 26.6 Å². The van der Waals surface area contributed by atoms with Crippen molar-refractivity contribution in [2.45, 2.75) is 0 Å². The average Bonchev–Trinajstić information content (AvgIpc) is 2.44. The molecule has 1 amide bonds. The first kappa shape index (κ1) is 14.6. The van der Waals surface area contributed by atoms with Gasteiger partial charge in [-0.25, -0.2) is 4.39 Å². The summed E-state index contributed by atoms with van der Waals surface area (Å²) >= 11 is 8.29. The minimum absolute atomic E-state index is 0.0319. The van der Waals surface area contributed by atoms with Gasteiger partial charge in [-0.2, -0.15) is 0 Å². The molecule has 0 unspecified atom stereocenters. The van der Waals surface area contributed by atoms with Crippen molar-refractivity contribution in [1.29, 1.82) is 0 Å². The number of amides is 1. The molecule has 2 rings (SSSR count). The van der Waals surface area contributed by atoms with Gasteiger partial charge in [0.1, 0.15) is 5.82 Å². The van der Waals surface area contributed by atoms with Crippen LogP contribution in [0.3, 0.4) is 0 Å². The first-order valence-electron chi connectivity index (χ1n) is 5.68. The highest BCUT2D eigenvalue weighted by Gasteiger charge is 2.11. The molecule has 3 nitrogen and oxygen atoms in total. The molecule has 0 radical (unpaired) electrons. The molecule has 2 N–H and O–H groups in total. The molecule has 0 spiro atoms. The highest BCUT2D eigenvalue weighted by Crippen LogP contribution is 2.15. The fourth-order valence-electron chi connectivity index (χ4n) is 1.46. The number of carbonyl (C=O) groups is 1. The molecule has 0 saturated heterocycles. The van der Waals surface area contributed by atoms with E-state index in [1.54, 1.807) is 24.3 Å². The van der Waals surface area contributed by atoms with E-state index < -0.39 is 11.7 Å². The number of halogens is 2. The second-order valence-corrected chi connectivity index (χ2v) is 5.22. The maximum atomic E-state index is 13.4. The molecule has 6 heteroatoms. The second-order valence-electron chi connectivity index (χ2n) is 3.89. The summed E-state index contributed by atoms with van der Waals surface area (Å²) in [7, 11) is 0. The molecule has 0 heterocycles. The fourth-order valence-corrected chi connectivity index (χ4v) is 1.90. The Morgan fingerprint density at radius 3 is 2.35 bits per heavy atom. The third-order valence-corrected chi connectivity index (χ3v) is 3.25. The molecule has 0 aliphatic carbocycles. The van der Waals surface area contributed by atoms with Gasteiger partial charge in [-0.05, 0) is 36.4 Å². The summed E-state index contributed by atoms with van der Waals surface area (Å²) in [5, 5.41) is 5.20. The van der Waals surface area contributed by atoms with Crippen molar-refractivity contribution in [2.75, 3.05) is 10.6 Å². The quantitative estimate of drug-likeness (QED) is 0.803. The maximum Gasteiger partial charge on any atom is 0.283 e. The van der Waals surface area contributed by atoms with Gasteiger partial charge in [0.15, 0.2) is 4.99 Å². The highest BCUT2D eigenvalue weighted by molar-refractivity contribution is 9.10. The summed E-state index contributed by atoms with van der Waals surface area (Å²) in [5.41, 5.74) is 0.777. The molecular formula is C14H10BrFN2OS. The minimum atomic E-state index is -0.562. The molecule has 0 aliphatic rings. The van der Waals surface area contributed by atoms with Gasteiger partial charge in [0.2, 0.25) is 0 Å². The number of para-hydroxylation sites is 1. The van der Waals surface area contributed by atoms with E-state index in [1.807, 2.05) is 12.1 Å². The summed E-state index contributed by atoms with van der Waals surface area (Å²) in [5.74, 6) is -1.07. The summed E-state index contributed by atoms with van der Waals surface area (Å²) in [6.45, 7) is 0. The van der Waals surface area contributed by atoms with Crippen LogP contribution >= 0.6 is 28.1 Å². The summed E-state index contributed by atoms with van der Waals surface area (Å²) in [6, 6.07) is 13.1. The zero-order valence-corrected chi connectivity index (χ0v) is 12.6. The lowest BCUT2D eigenvalue weighted by molar-refractivity contribution is -0.110. The Hall–Kier alpha value is -1.79. The highest BCUT2D eigenvalue weighted by atomic mass is 79.9. The predicted octanol–water partition coefficient (Wildman–Crippen LogP) is 3.97. The normalized spacial score (nSPS) is 9.90. The van der Waals surface area contributed by atoms with Crippen LogP contribution < -0.4 is 10.6 Å². The molecule has 2 aromatic carbocycles. The van der Waals surface area contributed by atoms with Crippen LogP contribution in [-0.4, -0.2) is 10.9 Å². The third kappa shape index (κ3) is 3.85. The number of thiocarbonyl (C=S) groups is 1. The molecule has 2 aromatic rings. The number of hydrogen-bond acceptors (Lipinski definition) is 2. The van der Waals surface area contributed by atoms with E-state index in [4.69, 9.17) is 12.2 Å². The van der Waals surface area contributed by atoms with Gasteiger partial charge in [-0.3, -0.25) is 4.79 Å². The monoisotopic (exact) mass is 352 g/mol. The van der Waals surface area contributed by atoms with Crippen LogP contribution in [0, 0.1) is 5.82 Å². The number of nitrogens with one attached hydrogen (secondary N) is 2. The van der Waals surface area contributed by atoms with Crippen LogP contribution in [0.2, 0.25) is 0 Å². The summed E-state index contributed by atoms with van der Waals surface area (Å²) < 4.78 is 14.3. The number of hydrogen-bond donors (Lipinski definition) is 2. The van der Waals surface area contributed by atoms with Crippen LogP contribution in [0.5, 0.6) is 0 Å². The van der Waals surface area contributed by atoms with Crippen LogP contribution in [-0.2, 0) is 4.79 Å². The lowest BCUT2D eigenvalue weighted by Crippen LogP contribution is -2.27. The number of benzene rings is 2. The van der Waals surface area contributed by atoms with Crippen molar-refractivity contribution < 1.29 is 9.18 Å². The topological polar surface area (TPSA) is 41.1 Å². The Bertz CT molecular complexity index is 646. The molecule has 102 valence electrons. The Morgan fingerprint density at radius 2 is 1.70 bits per heavy atom. The zero-order valence-electron chi connectivity index (χ0n) is 10.2. The van der Waals surface area contributed by atoms with Crippen LogP contribution in [0.15, 0.2) is 53.0 Å². The Labute approximate surface area is 129 Å². The first-order valence-corrected chi connectivity index (χ1v) is 6.89. The van der Waals surface area contributed by atoms with E-state index >= 15 is 0 Å². The van der Waals surface area contributed by atoms with E-state index in [1.165, 1.54) is 12.1 Å². The predicted molar refractivity (Wildman–Crippen MR) is 85.4 cm³/mol. The average molecular weight is 353 g/mol. The minimum Gasteiger partial charge on any atom is -0.342 e. The standard InChI is InChI=1S/C14H10BrFN2OS/c15-9-5-7-10(8-6-9)17-14(20)13(19)18-12-4-2-1-3-11(12)16/h1-8H,(H,17,20)(H,18,19). The SMILES string of the molecule is O=C(Nc1ccccc1F)C(=S)Nc1ccc(Br)cc1. The Balaban J connectivity index is 2.01. The maximum absolute atomic E-state index is 13.4. The number of rotatable bonds is 2. The van der Waals surface area contributed by atoms with Gasteiger partial charge in [-0.1, -0.05) is 40.3 Å². The zero-order chi connectivity index (χ0) is 14.5. The molecule has 0 fully saturated rings. The van der Waals surface area contributed by atoms with E-state index in [-0.39, 0.29) is 10.7 Å². The van der Waals surface area contributed by atoms with Crippen molar-refractivity contribution in [3.63, 3.8) is 0 Å². The molecule has 0 atom stereocenters. The Kier molecular flexibility index (Phi) is 4.81. The summed E-state index contributed by atoms with van der Waals surface area (Å²) in [6.07, 6.45) is 0. The van der Waals surface area contributed by atoms with Crippen molar-refractivity contribution >= 4 is 50.4 Å². The van der Waals surface area contributed by atoms with Crippen molar-refractivity contribution in [1.82, 2.24) is 0 Å². The van der Waals surface area contributed by atoms with Crippen LogP contribution in [0.1, 0.15) is 0 Å². The molecule has 0 aromatic heterocycles. The van der Waals surface area contributed by atoms with Gasteiger partial charge < -0.3 is 10.6 Å². The van der Waals surface area contributed by atoms with Gasteiger partial charge in [0, 0.05) is 10.2 Å². The van der Waals surface area contributed by atoms with E-state index in [0.717, 1.165) is 4.47 Å². The molecule has 0 bridgehead atoms. The van der Waals surface area contributed by atoms with Gasteiger partial charge in [0.05, 0.1) is 5.69 Å². The van der Waals surface area contributed by atoms with E-state index in [9.17, 15) is 9.18 Å². The first-order chi connectivity index (χ1) is 9.56. The number of carbonyl (C=O) groups excluding carboxylic acids is 1. The Morgan fingerprint density at radius 1 is 1.05 bits per heavy atom. The van der Waals surface area contributed by atoms with E-state index in [0.29, 0.717) is 5.69 Å². The van der Waals surface area contributed by atoms with Gasteiger partial charge >= 0.3 is 0 Å². The fraction of sp³-hybridized carbons (Fsp3) is 0. The lowest BCUT2D eigenvalue weighted by atomic mass is 10.3. The molecule has 0 saturated carbocycles. The van der Waals surface area contributed by atoms with Crippen LogP contribution in [0.25, 0.3) is 0 Å². The lowest BCUT2D eigenvalue weighted by Gasteiger charge is -2.09. The molecule has 20 heavy (non-hydrogen) atoms. The van der Waals surface area contributed by atoms with Crippen LogP contribution in [0.4, 0.5) is 15.8 Å². The largest absolute Gasteiger partial charge is 0.342 e.